The number of hydrogen-bond donors (Lipinski definition) is 0. The average Bonchev–Trinajstić information content (AvgIpc) is 2.69. The largest absolute Gasteiger partial charge is 0.416 e. The molecule has 0 radical (unpaired) electrons. The number of rotatable bonds is 3. The Morgan fingerprint density at radius 2 is 1.86 bits per heavy atom. The van der Waals surface area contributed by atoms with Crippen molar-refractivity contribution in [1.82, 2.24) is 14.3 Å². The maximum absolute atomic E-state index is 12.9. The van der Waals surface area contributed by atoms with Gasteiger partial charge < -0.3 is 0 Å². The fourth-order valence-electron chi connectivity index (χ4n) is 3.87. The van der Waals surface area contributed by atoms with Crippen molar-refractivity contribution in [3.63, 3.8) is 0 Å². The summed E-state index contributed by atoms with van der Waals surface area (Å²) in [5, 5.41) is 0.451. The topological polar surface area (TPSA) is 37.6 Å². The molecular weight excluding hydrogens is 403 g/mol. The van der Waals surface area contributed by atoms with Crippen LogP contribution >= 0.6 is 11.6 Å². The number of pyridine rings is 1. The Hall–Kier alpha value is -2.38. The molecule has 1 unspecified atom stereocenters. The first-order valence-corrected chi connectivity index (χ1v) is 9.78. The molecule has 8 heteroatoms. The van der Waals surface area contributed by atoms with Gasteiger partial charge in [-0.25, -0.2) is 4.98 Å². The minimum atomic E-state index is -4.34. The molecule has 1 aromatic carbocycles. The van der Waals surface area contributed by atoms with Crippen molar-refractivity contribution in [2.75, 3.05) is 6.54 Å². The molecule has 0 bridgehead atoms. The molecule has 0 N–H and O–H groups in total. The van der Waals surface area contributed by atoms with Crippen molar-refractivity contribution < 1.29 is 13.2 Å². The lowest BCUT2D eigenvalue weighted by Gasteiger charge is -2.36. The van der Waals surface area contributed by atoms with E-state index in [2.05, 4.69) is 9.88 Å². The van der Waals surface area contributed by atoms with Gasteiger partial charge >= 0.3 is 6.18 Å². The van der Waals surface area contributed by atoms with Crippen molar-refractivity contribution in [1.29, 1.82) is 0 Å². The lowest BCUT2D eigenvalue weighted by Crippen LogP contribution is -2.33. The van der Waals surface area contributed by atoms with E-state index in [9.17, 15) is 18.0 Å². The lowest BCUT2D eigenvalue weighted by molar-refractivity contribution is -0.137. The van der Waals surface area contributed by atoms with Gasteiger partial charge in [-0.05, 0) is 49.2 Å². The molecule has 0 saturated carbocycles. The van der Waals surface area contributed by atoms with Gasteiger partial charge in [-0.15, -0.1) is 0 Å². The predicted octanol–water partition coefficient (Wildman–Crippen LogP) is 5.09. The van der Waals surface area contributed by atoms with Crippen LogP contribution in [0.3, 0.4) is 0 Å². The van der Waals surface area contributed by atoms with Crippen LogP contribution in [0.25, 0.3) is 5.65 Å². The summed E-state index contributed by atoms with van der Waals surface area (Å²) in [7, 11) is 0. The maximum atomic E-state index is 12.9. The molecule has 29 heavy (non-hydrogen) atoms. The average molecular weight is 422 g/mol. The number of benzene rings is 1. The SMILES string of the molecule is O=c1cc(CN2CCCCC2c2ccc(C(F)(F)F)cc2)nc2ccc(Cl)cn12. The van der Waals surface area contributed by atoms with Gasteiger partial charge in [-0.2, -0.15) is 13.2 Å². The zero-order valence-electron chi connectivity index (χ0n) is 15.5. The highest BCUT2D eigenvalue weighted by atomic mass is 35.5. The molecule has 1 aliphatic rings. The lowest BCUT2D eigenvalue weighted by atomic mass is 9.94. The number of piperidine rings is 1. The number of alkyl halides is 3. The first kappa shape index (κ1) is 19.9. The Morgan fingerprint density at radius 1 is 1.10 bits per heavy atom. The summed E-state index contributed by atoms with van der Waals surface area (Å²) in [6.07, 6.45) is 0.0497. The number of aromatic nitrogens is 2. The molecule has 1 saturated heterocycles. The third-order valence-electron chi connectivity index (χ3n) is 5.28. The first-order chi connectivity index (χ1) is 13.8. The summed E-state index contributed by atoms with van der Waals surface area (Å²) >= 11 is 5.95. The molecular formula is C21H19ClF3N3O. The normalized spacial score (nSPS) is 18.3. The zero-order valence-corrected chi connectivity index (χ0v) is 16.2. The van der Waals surface area contributed by atoms with E-state index < -0.39 is 11.7 Å². The van der Waals surface area contributed by atoms with Gasteiger partial charge in [0.2, 0.25) is 0 Å². The van der Waals surface area contributed by atoms with E-state index in [1.54, 1.807) is 24.3 Å². The molecule has 152 valence electrons. The Balaban J connectivity index is 1.61. The summed E-state index contributed by atoms with van der Waals surface area (Å²) in [5.41, 5.74) is 1.14. The van der Waals surface area contributed by atoms with Crippen LogP contribution in [0.4, 0.5) is 13.2 Å². The van der Waals surface area contributed by atoms with Gasteiger partial charge in [0, 0.05) is 24.8 Å². The molecule has 3 aromatic rings. The fourth-order valence-corrected chi connectivity index (χ4v) is 4.03. The molecule has 1 fully saturated rings. The van der Waals surface area contributed by atoms with E-state index in [4.69, 9.17) is 11.6 Å². The summed E-state index contributed by atoms with van der Waals surface area (Å²) in [5.74, 6) is 0. The van der Waals surface area contributed by atoms with Gasteiger partial charge in [0.1, 0.15) is 5.65 Å². The number of likely N-dealkylation sites (tertiary alicyclic amines) is 1. The van der Waals surface area contributed by atoms with Crippen molar-refractivity contribution >= 4 is 17.2 Å². The maximum Gasteiger partial charge on any atom is 0.416 e. The van der Waals surface area contributed by atoms with Gasteiger partial charge in [-0.3, -0.25) is 14.1 Å². The van der Waals surface area contributed by atoms with Crippen LogP contribution in [-0.2, 0) is 12.7 Å². The minimum absolute atomic E-state index is 0.00324. The van der Waals surface area contributed by atoms with Gasteiger partial charge in [-0.1, -0.05) is 30.2 Å². The van der Waals surface area contributed by atoms with Crippen LogP contribution in [0.2, 0.25) is 5.02 Å². The van der Waals surface area contributed by atoms with Crippen LogP contribution in [0.1, 0.15) is 42.1 Å². The Kier molecular flexibility index (Phi) is 5.36. The molecule has 0 aliphatic carbocycles. The highest BCUT2D eigenvalue weighted by molar-refractivity contribution is 6.30. The zero-order chi connectivity index (χ0) is 20.6. The standard InChI is InChI=1S/C21H19ClF3N3O/c22-16-8-9-19-26-17(11-20(29)28(19)12-16)13-27-10-2-1-3-18(27)14-4-6-15(7-5-14)21(23,24)25/h4-9,11-12,18H,1-3,10,13H2. The Morgan fingerprint density at radius 3 is 2.59 bits per heavy atom. The predicted molar refractivity (Wildman–Crippen MR) is 105 cm³/mol. The molecule has 0 amide bonds. The van der Waals surface area contributed by atoms with E-state index in [0.717, 1.165) is 43.5 Å². The minimum Gasteiger partial charge on any atom is -0.291 e. The molecule has 2 aromatic heterocycles. The summed E-state index contributed by atoms with van der Waals surface area (Å²) in [6.45, 7) is 1.26. The van der Waals surface area contributed by atoms with Crippen molar-refractivity contribution in [3.05, 3.63) is 80.9 Å². The van der Waals surface area contributed by atoms with Crippen LogP contribution < -0.4 is 5.56 Å². The van der Waals surface area contributed by atoms with Crippen molar-refractivity contribution in [3.8, 4) is 0 Å². The molecule has 3 heterocycles. The summed E-state index contributed by atoms with van der Waals surface area (Å²) < 4.78 is 40.0. The second-order valence-electron chi connectivity index (χ2n) is 7.26. The Labute approximate surface area is 170 Å². The fraction of sp³-hybridized carbons (Fsp3) is 0.333. The van der Waals surface area contributed by atoms with Crippen LogP contribution in [-0.4, -0.2) is 20.8 Å². The number of hydrogen-bond acceptors (Lipinski definition) is 3. The second-order valence-corrected chi connectivity index (χ2v) is 7.70. The summed E-state index contributed by atoms with van der Waals surface area (Å²) in [6, 6.07) is 10.2. The van der Waals surface area contributed by atoms with Crippen molar-refractivity contribution in [2.24, 2.45) is 0 Å². The molecule has 0 spiro atoms. The van der Waals surface area contributed by atoms with Gasteiger partial charge in [0.25, 0.3) is 5.56 Å². The number of nitrogens with zero attached hydrogens (tertiary/aromatic N) is 3. The van der Waals surface area contributed by atoms with E-state index >= 15 is 0 Å². The third-order valence-corrected chi connectivity index (χ3v) is 5.50. The van der Waals surface area contributed by atoms with Crippen LogP contribution in [0, 0.1) is 0 Å². The number of halogens is 4. The molecule has 1 aliphatic heterocycles. The highest BCUT2D eigenvalue weighted by Gasteiger charge is 2.31. The van der Waals surface area contributed by atoms with E-state index in [-0.39, 0.29) is 11.6 Å². The second kappa shape index (κ2) is 7.80. The smallest absolute Gasteiger partial charge is 0.291 e. The quantitative estimate of drug-likeness (QED) is 0.591. The Bertz CT molecular complexity index is 1080. The van der Waals surface area contributed by atoms with Crippen LogP contribution in [0.5, 0.6) is 0 Å². The molecule has 1 atom stereocenters. The van der Waals surface area contributed by atoms with E-state index in [1.807, 2.05) is 0 Å². The monoisotopic (exact) mass is 421 g/mol. The van der Waals surface area contributed by atoms with Crippen molar-refractivity contribution in [2.45, 2.75) is 38.0 Å². The van der Waals surface area contributed by atoms with Gasteiger partial charge in [0.15, 0.2) is 0 Å². The van der Waals surface area contributed by atoms with E-state index in [1.165, 1.54) is 16.7 Å². The number of fused-ring (bicyclic) bond motifs is 1. The van der Waals surface area contributed by atoms with E-state index in [0.29, 0.717) is 22.9 Å². The first-order valence-electron chi connectivity index (χ1n) is 9.40. The van der Waals surface area contributed by atoms with Crippen LogP contribution in [0.15, 0.2) is 53.5 Å². The molecule has 4 nitrogen and oxygen atoms in total. The highest BCUT2D eigenvalue weighted by Crippen LogP contribution is 2.34. The van der Waals surface area contributed by atoms with Gasteiger partial charge in [0.05, 0.1) is 16.3 Å². The third kappa shape index (κ3) is 4.31. The summed E-state index contributed by atoms with van der Waals surface area (Å²) in [4.78, 5) is 19.2. The molecule has 4 rings (SSSR count).